The number of aromatic hydroxyl groups is 1. The largest absolute Gasteiger partial charge is 0.504 e. The number of aryl methyl sites for hydroxylation is 1. The fraction of sp³-hybridized carbons (Fsp3) is 0.143. The second kappa shape index (κ2) is 4.28. The number of nitrogens with one attached hydrogen (secondary N) is 1. The molecule has 3 rings (SSSR count). The summed E-state index contributed by atoms with van der Waals surface area (Å²) >= 11 is 0. The van der Waals surface area contributed by atoms with Gasteiger partial charge >= 0.3 is 0 Å². The maximum atomic E-state index is 9.79. The Morgan fingerprint density at radius 1 is 1.26 bits per heavy atom. The third-order valence-corrected chi connectivity index (χ3v) is 2.93. The molecule has 0 aliphatic rings. The highest BCUT2D eigenvalue weighted by Gasteiger charge is 2.09. The van der Waals surface area contributed by atoms with Gasteiger partial charge in [0.15, 0.2) is 17.1 Å². The van der Waals surface area contributed by atoms with Crippen LogP contribution < -0.4 is 4.74 Å². The SMILES string of the molecule is COc1ccc(-c2nc3ncc(C)cc3[nH]2)cc1O. The van der Waals surface area contributed by atoms with Crippen LogP contribution in [0.15, 0.2) is 30.5 Å². The van der Waals surface area contributed by atoms with E-state index in [1.807, 2.05) is 19.1 Å². The average molecular weight is 255 g/mol. The number of ether oxygens (including phenoxy) is 1. The molecule has 3 aromatic rings. The number of hydrogen-bond donors (Lipinski definition) is 2. The van der Waals surface area contributed by atoms with E-state index in [0.29, 0.717) is 17.2 Å². The van der Waals surface area contributed by atoms with E-state index in [4.69, 9.17) is 4.74 Å². The van der Waals surface area contributed by atoms with Crippen molar-refractivity contribution in [2.75, 3.05) is 7.11 Å². The zero-order chi connectivity index (χ0) is 13.4. The summed E-state index contributed by atoms with van der Waals surface area (Å²) in [6.45, 7) is 1.98. The van der Waals surface area contributed by atoms with Gasteiger partial charge in [0, 0.05) is 11.8 Å². The highest BCUT2D eigenvalue weighted by molar-refractivity contribution is 5.76. The Morgan fingerprint density at radius 2 is 2.11 bits per heavy atom. The van der Waals surface area contributed by atoms with Gasteiger partial charge in [0.1, 0.15) is 5.82 Å². The number of fused-ring (bicyclic) bond motifs is 1. The van der Waals surface area contributed by atoms with Gasteiger partial charge in [-0.25, -0.2) is 9.97 Å². The molecular formula is C14H13N3O2. The molecule has 1 aromatic carbocycles. The van der Waals surface area contributed by atoms with Crippen LogP contribution in [-0.2, 0) is 0 Å². The number of hydrogen-bond acceptors (Lipinski definition) is 4. The number of aromatic nitrogens is 3. The minimum atomic E-state index is 0.0876. The highest BCUT2D eigenvalue weighted by atomic mass is 16.5. The average Bonchev–Trinajstić information content (AvgIpc) is 2.81. The number of pyridine rings is 1. The van der Waals surface area contributed by atoms with E-state index in [1.165, 1.54) is 7.11 Å². The first-order valence-corrected chi connectivity index (χ1v) is 5.87. The Hall–Kier alpha value is -2.56. The summed E-state index contributed by atoms with van der Waals surface area (Å²) in [5.41, 5.74) is 3.40. The molecule has 5 heteroatoms. The molecule has 96 valence electrons. The Labute approximate surface area is 109 Å². The van der Waals surface area contributed by atoms with Gasteiger partial charge in [-0.1, -0.05) is 0 Å². The Bertz CT molecular complexity index is 750. The molecule has 0 fully saturated rings. The van der Waals surface area contributed by atoms with Crippen molar-refractivity contribution in [1.82, 2.24) is 15.0 Å². The lowest BCUT2D eigenvalue weighted by Crippen LogP contribution is -1.85. The van der Waals surface area contributed by atoms with Crippen molar-refractivity contribution in [2.45, 2.75) is 6.92 Å². The van der Waals surface area contributed by atoms with E-state index >= 15 is 0 Å². The number of rotatable bonds is 2. The Balaban J connectivity index is 2.11. The first-order valence-electron chi connectivity index (χ1n) is 5.87. The number of nitrogens with zero attached hydrogens (tertiary/aromatic N) is 2. The predicted molar refractivity (Wildman–Crippen MR) is 72.3 cm³/mol. The van der Waals surface area contributed by atoms with E-state index < -0.39 is 0 Å². The van der Waals surface area contributed by atoms with Gasteiger partial charge < -0.3 is 14.8 Å². The van der Waals surface area contributed by atoms with Crippen LogP contribution in [-0.4, -0.2) is 27.2 Å². The lowest BCUT2D eigenvalue weighted by atomic mass is 10.2. The van der Waals surface area contributed by atoms with Crippen molar-refractivity contribution in [3.8, 4) is 22.9 Å². The number of benzene rings is 1. The van der Waals surface area contributed by atoms with Crippen LogP contribution in [0.3, 0.4) is 0 Å². The van der Waals surface area contributed by atoms with Crippen molar-refractivity contribution < 1.29 is 9.84 Å². The number of imidazole rings is 1. The smallest absolute Gasteiger partial charge is 0.178 e. The van der Waals surface area contributed by atoms with Crippen LogP contribution in [0.4, 0.5) is 0 Å². The first-order chi connectivity index (χ1) is 9.17. The monoisotopic (exact) mass is 255 g/mol. The second-order valence-electron chi connectivity index (χ2n) is 4.36. The van der Waals surface area contributed by atoms with Crippen molar-refractivity contribution in [3.63, 3.8) is 0 Å². The molecule has 0 amide bonds. The van der Waals surface area contributed by atoms with E-state index in [0.717, 1.165) is 16.6 Å². The summed E-state index contributed by atoms with van der Waals surface area (Å²) in [6, 6.07) is 7.14. The Morgan fingerprint density at radius 3 is 2.84 bits per heavy atom. The molecule has 5 nitrogen and oxygen atoms in total. The molecule has 0 aliphatic carbocycles. The first kappa shape index (κ1) is 11.5. The molecule has 2 aromatic heterocycles. The van der Waals surface area contributed by atoms with Gasteiger partial charge in [0.2, 0.25) is 0 Å². The minimum absolute atomic E-state index is 0.0876. The molecule has 0 aliphatic heterocycles. The lowest BCUT2D eigenvalue weighted by molar-refractivity contribution is 0.373. The molecule has 0 unspecified atom stereocenters. The van der Waals surface area contributed by atoms with Gasteiger partial charge in [0.25, 0.3) is 0 Å². The maximum Gasteiger partial charge on any atom is 0.178 e. The number of H-pyrrole nitrogens is 1. The summed E-state index contributed by atoms with van der Waals surface area (Å²) in [7, 11) is 1.52. The summed E-state index contributed by atoms with van der Waals surface area (Å²) in [5.74, 6) is 1.20. The molecule has 0 radical (unpaired) electrons. The van der Waals surface area contributed by atoms with Gasteiger partial charge in [-0.15, -0.1) is 0 Å². The third kappa shape index (κ3) is 1.99. The van der Waals surface area contributed by atoms with E-state index in [-0.39, 0.29) is 5.75 Å². The molecule has 2 N–H and O–H groups in total. The molecule has 19 heavy (non-hydrogen) atoms. The molecule has 0 atom stereocenters. The van der Waals surface area contributed by atoms with Crippen LogP contribution in [0.25, 0.3) is 22.6 Å². The number of aromatic amines is 1. The van der Waals surface area contributed by atoms with Crippen molar-refractivity contribution in [3.05, 3.63) is 36.0 Å². The van der Waals surface area contributed by atoms with Gasteiger partial charge in [-0.05, 0) is 36.8 Å². The quantitative estimate of drug-likeness (QED) is 0.738. The molecular weight excluding hydrogens is 242 g/mol. The molecule has 0 bridgehead atoms. The highest BCUT2D eigenvalue weighted by Crippen LogP contribution is 2.30. The Kier molecular flexibility index (Phi) is 2.59. The minimum Gasteiger partial charge on any atom is -0.504 e. The number of methoxy groups -OCH3 is 1. The summed E-state index contributed by atoms with van der Waals surface area (Å²) < 4.78 is 5.02. The van der Waals surface area contributed by atoms with Crippen molar-refractivity contribution in [1.29, 1.82) is 0 Å². The topological polar surface area (TPSA) is 71.0 Å². The zero-order valence-corrected chi connectivity index (χ0v) is 10.6. The third-order valence-electron chi connectivity index (χ3n) is 2.93. The fourth-order valence-corrected chi connectivity index (χ4v) is 1.98. The second-order valence-corrected chi connectivity index (χ2v) is 4.36. The van der Waals surface area contributed by atoms with Crippen molar-refractivity contribution in [2.24, 2.45) is 0 Å². The van der Waals surface area contributed by atoms with Crippen LogP contribution in [0.5, 0.6) is 11.5 Å². The predicted octanol–water partition coefficient (Wildman–Crippen LogP) is 2.65. The van der Waals surface area contributed by atoms with Crippen LogP contribution in [0.2, 0.25) is 0 Å². The fourth-order valence-electron chi connectivity index (χ4n) is 1.98. The van der Waals surface area contributed by atoms with Gasteiger partial charge in [-0.3, -0.25) is 0 Å². The lowest BCUT2D eigenvalue weighted by Gasteiger charge is -2.04. The van der Waals surface area contributed by atoms with Crippen LogP contribution in [0, 0.1) is 6.92 Å². The van der Waals surface area contributed by atoms with E-state index in [9.17, 15) is 5.11 Å². The molecule has 0 saturated heterocycles. The van der Waals surface area contributed by atoms with Crippen molar-refractivity contribution >= 4 is 11.2 Å². The molecule has 0 saturated carbocycles. The zero-order valence-electron chi connectivity index (χ0n) is 10.6. The summed E-state index contributed by atoms with van der Waals surface area (Å²) in [5, 5.41) is 9.79. The molecule has 2 heterocycles. The molecule has 0 spiro atoms. The standard InChI is InChI=1S/C14H13N3O2/c1-8-5-10-14(15-7-8)17-13(16-10)9-3-4-12(19-2)11(18)6-9/h3-7,18H,1-2H3,(H,15,16,17). The van der Waals surface area contributed by atoms with Crippen LogP contribution >= 0.6 is 0 Å². The normalized spacial score (nSPS) is 10.8. The summed E-state index contributed by atoms with van der Waals surface area (Å²) in [4.78, 5) is 11.8. The number of phenols is 1. The van der Waals surface area contributed by atoms with E-state index in [1.54, 1.807) is 18.3 Å². The maximum absolute atomic E-state index is 9.79. The van der Waals surface area contributed by atoms with Gasteiger partial charge in [0.05, 0.1) is 12.6 Å². The van der Waals surface area contributed by atoms with Gasteiger partial charge in [-0.2, -0.15) is 0 Å². The number of phenolic OH excluding ortho intramolecular Hbond substituents is 1. The van der Waals surface area contributed by atoms with E-state index in [2.05, 4.69) is 15.0 Å². The van der Waals surface area contributed by atoms with Crippen LogP contribution in [0.1, 0.15) is 5.56 Å². The summed E-state index contributed by atoms with van der Waals surface area (Å²) in [6.07, 6.45) is 1.78.